The minimum Gasteiger partial charge on any atom is -0.497 e. The molecule has 0 fully saturated rings. The molecule has 1 aliphatic heterocycles. The molecule has 2 aromatic rings. The van der Waals surface area contributed by atoms with Gasteiger partial charge < -0.3 is 14.0 Å². The third kappa shape index (κ3) is 2.64. The fourth-order valence-electron chi connectivity index (χ4n) is 2.61. The number of benzene rings is 1. The predicted molar refractivity (Wildman–Crippen MR) is 77.0 cm³/mol. The first-order chi connectivity index (χ1) is 9.76. The molecule has 0 saturated carbocycles. The van der Waals surface area contributed by atoms with Crippen LogP contribution in [0, 0.1) is 5.92 Å². The van der Waals surface area contributed by atoms with Crippen molar-refractivity contribution in [3.63, 3.8) is 0 Å². The van der Waals surface area contributed by atoms with Crippen LogP contribution in [0.4, 0.5) is 0 Å². The smallest absolute Gasteiger partial charge is 0.132 e. The van der Waals surface area contributed by atoms with Crippen molar-refractivity contribution < 1.29 is 9.47 Å². The van der Waals surface area contributed by atoms with Gasteiger partial charge in [-0.3, -0.25) is 0 Å². The van der Waals surface area contributed by atoms with E-state index in [1.54, 1.807) is 7.11 Å². The second-order valence-electron chi connectivity index (χ2n) is 5.39. The Hall–Kier alpha value is -1.97. The summed E-state index contributed by atoms with van der Waals surface area (Å²) in [5.74, 6) is 2.42. The number of aryl methyl sites for hydroxylation is 1. The maximum absolute atomic E-state index is 5.82. The first-order valence-corrected chi connectivity index (χ1v) is 7.06. The fraction of sp³-hybridized carbons (Fsp3) is 0.438. The van der Waals surface area contributed by atoms with Crippen LogP contribution >= 0.6 is 0 Å². The minimum absolute atomic E-state index is 0.529. The Morgan fingerprint density at radius 1 is 1.25 bits per heavy atom. The zero-order valence-electron chi connectivity index (χ0n) is 12.0. The Labute approximate surface area is 119 Å². The van der Waals surface area contributed by atoms with E-state index in [0.717, 1.165) is 36.1 Å². The topological polar surface area (TPSA) is 36.3 Å². The summed E-state index contributed by atoms with van der Waals surface area (Å²) in [6.07, 6.45) is 4.28. The van der Waals surface area contributed by atoms with E-state index in [2.05, 4.69) is 16.5 Å². The summed E-state index contributed by atoms with van der Waals surface area (Å²) >= 11 is 0. The van der Waals surface area contributed by atoms with Gasteiger partial charge >= 0.3 is 0 Å². The van der Waals surface area contributed by atoms with Gasteiger partial charge in [0.25, 0.3) is 0 Å². The highest BCUT2D eigenvalue weighted by Gasteiger charge is 2.19. The maximum atomic E-state index is 5.82. The molecule has 4 nitrogen and oxygen atoms in total. The molecule has 106 valence electrons. The van der Waals surface area contributed by atoms with E-state index < -0.39 is 0 Å². The maximum Gasteiger partial charge on any atom is 0.132 e. The fourth-order valence-corrected chi connectivity index (χ4v) is 2.61. The molecule has 1 aromatic carbocycles. The number of rotatable bonds is 4. The number of nitrogens with zero attached hydrogens (tertiary/aromatic N) is 2. The Morgan fingerprint density at radius 3 is 2.75 bits per heavy atom. The van der Waals surface area contributed by atoms with Gasteiger partial charge in [-0.25, -0.2) is 4.98 Å². The van der Waals surface area contributed by atoms with Crippen molar-refractivity contribution in [2.45, 2.75) is 32.9 Å². The lowest BCUT2D eigenvalue weighted by atomic mass is 9.97. The van der Waals surface area contributed by atoms with Gasteiger partial charge in [0.15, 0.2) is 0 Å². The molecular formula is C16H20N2O2. The lowest BCUT2D eigenvalue weighted by molar-refractivity contribution is 0.297. The molecule has 0 saturated heterocycles. The summed E-state index contributed by atoms with van der Waals surface area (Å²) < 4.78 is 13.2. The van der Waals surface area contributed by atoms with Crippen LogP contribution < -0.4 is 9.47 Å². The Kier molecular flexibility index (Phi) is 3.63. The number of hydrogen-bond donors (Lipinski definition) is 0. The number of imidazole rings is 1. The SMILES string of the molecule is COc1ccc(OCc2ncn3c2CC(C)CC3)cc1. The van der Waals surface area contributed by atoms with Crippen molar-refractivity contribution >= 4 is 0 Å². The Morgan fingerprint density at radius 2 is 2.00 bits per heavy atom. The highest BCUT2D eigenvalue weighted by Crippen LogP contribution is 2.24. The summed E-state index contributed by atoms with van der Waals surface area (Å²) in [4.78, 5) is 4.49. The van der Waals surface area contributed by atoms with E-state index in [1.165, 1.54) is 12.1 Å². The van der Waals surface area contributed by atoms with Crippen molar-refractivity contribution in [3.05, 3.63) is 42.0 Å². The summed E-state index contributed by atoms with van der Waals surface area (Å²) in [5, 5.41) is 0. The molecule has 3 rings (SSSR count). The quantitative estimate of drug-likeness (QED) is 0.858. The third-order valence-electron chi connectivity index (χ3n) is 3.87. The lowest BCUT2D eigenvalue weighted by Crippen LogP contribution is -2.17. The lowest BCUT2D eigenvalue weighted by Gasteiger charge is -2.21. The molecule has 2 heterocycles. The molecule has 0 radical (unpaired) electrons. The first-order valence-electron chi connectivity index (χ1n) is 7.06. The van der Waals surface area contributed by atoms with E-state index >= 15 is 0 Å². The van der Waals surface area contributed by atoms with Crippen LogP contribution in [0.2, 0.25) is 0 Å². The summed E-state index contributed by atoms with van der Waals surface area (Å²) in [6.45, 7) is 3.90. The molecule has 4 heteroatoms. The number of ether oxygens (including phenoxy) is 2. The van der Waals surface area contributed by atoms with Gasteiger partial charge in [0.1, 0.15) is 18.1 Å². The van der Waals surface area contributed by atoms with Gasteiger partial charge in [0.05, 0.1) is 19.1 Å². The van der Waals surface area contributed by atoms with E-state index in [4.69, 9.17) is 9.47 Å². The van der Waals surface area contributed by atoms with Crippen LogP contribution in [0.25, 0.3) is 0 Å². The van der Waals surface area contributed by atoms with Crippen molar-refractivity contribution in [1.82, 2.24) is 9.55 Å². The van der Waals surface area contributed by atoms with Crippen LogP contribution in [0.3, 0.4) is 0 Å². The predicted octanol–water partition coefficient (Wildman–Crippen LogP) is 3.05. The number of hydrogen-bond acceptors (Lipinski definition) is 3. The van der Waals surface area contributed by atoms with Gasteiger partial charge in [-0.05, 0) is 43.0 Å². The van der Waals surface area contributed by atoms with Gasteiger partial charge in [-0.2, -0.15) is 0 Å². The van der Waals surface area contributed by atoms with E-state index in [1.807, 2.05) is 30.6 Å². The van der Waals surface area contributed by atoms with Gasteiger partial charge in [-0.15, -0.1) is 0 Å². The number of fused-ring (bicyclic) bond motifs is 1. The first kappa shape index (κ1) is 13.0. The molecule has 0 N–H and O–H groups in total. The average molecular weight is 272 g/mol. The normalized spacial score (nSPS) is 17.6. The van der Waals surface area contributed by atoms with Crippen LogP contribution in [0.5, 0.6) is 11.5 Å². The molecule has 0 bridgehead atoms. The van der Waals surface area contributed by atoms with Crippen LogP contribution in [-0.2, 0) is 19.6 Å². The minimum atomic E-state index is 0.529. The standard InChI is InChI=1S/C16H20N2O2/c1-12-7-8-18-11-17-15(16(18)9-12)10-20-14-5-3-13(19-2)4-6-14/h3-6,11-12H,7-10H2,1-2H3. The van der Waals surface area contributed by atoms with Crippen LogP contribution in [-0.4, -0.2) is 16.7 Å². The zero-order valence-corrected chi connectivity index (χ0v) is 12.0. The molecule has 20 heavy (non-hydrogen) atoms. The molecule has 1 aromatic heterocycles. The Bertz CT molecular complexity index is 575. The average Bonchev–Trinajstić information content (AvgIpc) is 2.88. The van der Waals surface area contributed by atoms with Gasteiger partial charge in [-0.1, -0.05) is 6.92 Å². The van der Waals surface area contributed by atoms with Crippen LogP contribution in [0.1, 0.15) is 24.7 Å². The highest BCUT2D eigenvalue weighted by molar-refractivity contribution is 5.31. The Balaban J connectivity index is 1.67. The second kappa shape index (κ2) is 5.57. The third-order valence-corrected chi connectivity index (χ3v) is 3.87. The van der Waals surface area contributed by atoms with Gasteiger partial charge in [0, 0.05) is 12.2 Å². The molecule has 1 atom stereocenters. The zero-order chi connectivity index (χ0) is 13.9. The van der Waals surface area contributed by atoms with Crippen molar-refractivity contribution in [1.29, 1.82) is 0 Å². The van der Waals surface area contributed by atoms with E-state index in [-0.39, 0.29) is 0 Å². The van der Waals surface area contributed by atoms with Crippen LogP contribution in [0.15, 0.2) is 30.6 Å². The summed E-state index contributed by atoms with van der Waals surface area (Å²) in [5.41, 5.74) is 2.39. The molecule has 1 unspecified atom stereocenters. The molecular weight excluding hydrogens is 252 g/mol. The van der Waals surface area contributed by atoms with Crippen molar-refractivity contribution in [2.75, 3.05) is 7.11 Å². The van der Waals surface area contributed by atoms with E-state index in [0.29, 0.717) is 6.61 Å². The highest BCUT2D eigenvalue weighted by atomic mass is 16.5. The monoisotopic (exact) mass is 272 g/mol. The molecule has 1 aliphatic rings. The summed E-state index contributed by atoms with van der Waals surface area (Å²) in [6, 6.07) is 7.65. The van der Waals surface area contributed by atoms with Crippen molar-refractivity contribution in [3.8, 4) is 11.5 Å². The van der Waals surface area contributed by atoms with E-state index in [9.17, 15) is 0 Å². The number of methoxy groups -OCH3 is 1. The largest absolute Gasteiger partial charge is 0.497 e. The molecule has 0 amide bonds. The molecule has 0 spiro atoms. The molecule has 0 aliphatic carbocycles. The van der Waals surface area contributed by atoms with Gasteiger partial charge in [0.2, 0.25) is 0 Å². The summed E-state index contributed by atoms with van der Waals surface area (Å²) in [7, 11) is 1.66. The second-order valence-corrected chi connectivity index (χ2v) is 5.39. The number of aromatic nitrogens is 2. The van der Waals surface area contributed by atoms with Crippen molar-refractivity contribution in [2.24, 2.45) is 5.92 Å².